The second-order valence-electron chi connectivity index (χ2n) is 11.4. The van der Waals surface area contributed by atoms with Gasteiger partial charge in [0.05, 0.1) is 5.76 Å². The van der Waals surface area contributed by atoms with E-state index < -0.39 is 0 Å². The van der Waals surface area contributed by atoms with E-state index in [4.69, 9.17) is 10.1 Å². The first-order valence-electron chi connectivity index (χ1n) is 13.0. The summed E-state index contributed by atoms with van der Waals surface area (Å²) in [5, 5.41) is 14.4. The summed E-state index contributed by atoms with van der Waals surface area (Å²) in [4.78, 5) is 15.0. The molecule has 6 aromatic rings. The van der Waals surface area contributed by atoms with Gasteiger partial charge in [-0.2, -0.15) is 0 Å². The molecule has 5 heteroatoms. The van der Waals surface area contributed by atoms with E-state index in [1.54, 1.807) is 0 Å². The Balaban J connectivity index is 0.000000345. The summed E-state index contributed by atoms with van der Waals surface area (Å²) in [6.45, 7) is 12.4. The summed E-state index contributed by atoms with van der Waals surface area (Å²) in [6.07, 6.45) is 3.15. The van der Waals surface area contributed by atoms with Crippen LogP contribution in [0.5, 0.6) is 0 Å². The Bertz CT molecular complexity index is 1970. The SMILES string of the molecule is CC(=O)/C=C(/C)O.CC1(C)c2ccnc3c4[c-]c5ccccc5cc4n4c5ccccc5c(c4c23)C1(C)C.[Ir]. The number of carbonyl (C=O) groups excluding carboxylic acids is 1. The van der Waals surface area contributed by atoms with Gasteiger partial charge in [-0.05, 0) is 53.4 Å². The maximum atomic E-state index is 10.0. The summed E-state index contributed by atoms with van der Waals surface area (Å²) in [7, 11) is 0. The fraction of sp³-hybridized carbons (Fsp3) is 0.235. The van der Waals surface area contributed by atoms with Crippen molar-refractivity contribution in [1.82, 2.24) is 9.38 Å². The number of hydrogen-bond acceptors (Lipinski definition) is 3. The molecule has 4 nitrogen and oxygen atoms in total. The van der Waals surface area contributed by atoms with Gasteiger partial charge in [0.1, 0.15) is 0 Å². The van der Waals surface area contributed by atoms with E-state index in [-0.39, 0.29) is 42.5 Å². The van der Waals surface area contributed by atoms with Crippen LogP contribution in [0.4, 0.5) is 0 Å². The number of fused-ring (bicyclic) bond motifs is 7. The van der Waals surface area contributed by atoms with E-state index in [1.807, 2.05) is 6.20 Å². The van der Waals surface area contributed by atoms with Crippen molar-refractivity contribution in [2.24, 2.45) is 0 Å². The number of ketones is 1. The monoisotopic (exact) mass is 692 g/mol. The minimum atomic E-state index is -0.125. The fourth-order valence-corrected chi connectivity index (χ4v) is 6.23. The average molecular weight is 692 g/mol. The number of nitrogens with zero attached hydrogens (tertiary/aromatic N) is 2. The second-order valence-corrected chi connectivity index (χ2v) is 11.4. The Hall–Kier alpha value is -3.53. The molecule has 1 aliphatic rings. The van der Waals surface area contributed by atoms with Gasteiger partial charge in [-0.3, -0.25) is 9.78 Å². The van der Waals surface area contributed by atoms with Gasteiger partial charge < -0.3 is 9.51 Å². The third-order valence-corrected chi connectivity index (χ3v) is 8.58. The molecule has 0 atom stereocenters. The number of aliphatic hydroxyl groups is 1. The summed E-state index contributed by atoms with van der Waals surface area (Å²) >= 11 is 0. The van der Waals surface area contributed by atoms with Crippen molar-refractivity contribution in [2.75, 3.05) is 0 Å². The fourth-order valence-electron chi connectivity index (χ4n) is 6.23. The zero-order valence-electron chi connectivity index (χ0n) is 23.0. The molecule has 0 unspecified atom stereocenters. The molecule has 199 valence electrons. The molecule has 0 saturated carbocycles. The van der Waals surface area contributed by atoms with Crippen LogP contribution in [0.1, 0.15) is 52.7 Å². The van der Waals surface area contributed by atoms with Gasteiger partial charge in [0.2, 0.25) is 0 Å². The smallest absolute Gasteiger partial charge is 0.155 e. The molecule has 1 radical (unpaired) electrons. The molecule has 3 aromatic heterocycles. The number of allylic oxidation sites excluding steroid dienone is 2. The minimum Gasteiger partial charge on any atom is -0.512 e. The third kappa shape index (κ3) is 3.83. The van der Waals surface area contributed by atoms with Crippen LogP contribution in [-0.2, 0) is 35.7 Å². The van der Waals surface area contributed by atoms with E-state index in [1.165, 1.54) is 63.8 Å². The normalized spacial score (nSPS) is 15.5. The van der Waals surface area contributed by atoms with Crippen LogP contribution in [0.15, 0.2) is 78.7 Å². The molecule has 1 N–H and O–H groups in total. The Morgan fingerprint density at radius 2 is 1.64 bits per heavy atom. The maximum absolute atomic E-state index is 10.0. The van der Waals surface area contributed by atoms with Crippen molar-refractivity contribution >= 4 is 54.8 Å². The molecule has 0 bridgehead atoms. The van der Waals surface area contributed by atoms with E-state index in [0.29, 0.717) is 0 Å². The topological polar surface area (TPSA) is 54.6 Å². The number of benzene rings is 3. The third-order valence-electron chi connectivity index (χ3n) is 8.58. The minimum absolute atomic E-state index is 0. The van der Waals surface area contributed by atoms with E-state index in [2.05, 4.69) is 98.8 Å². The van der Waals surface area contributed by atoms with Crippen LogP contribution in [0.25, 0.3) is 49.0 Å². The summed E-state index contributed by atoms with van der Waals surface area (Å²) in [5.74, 6) is -0.0625. The molecule has 0 amide bonds. The standard InChI is InChI=1S/C29H23N2.C5H8O2.Ir/c1-28(2)21-13-14-30-26-20-15-17-9-5-6-10-18(17)16-23(20)31-22-12-8-7-11-19(22)25(29(28,3)4)27(31)24(21)26;1-4(6)3-5(2)7;/h5-14,16H,1-4H3;3,6H,1-2H3;/q-1;;/b;4-3-;. The van der Waals surface area contributed by atoms with Crippen molar-refractivity contribution in [3.63, 3.8) is 0 Å². The van der Waals surface area contributed by atoms with Crippen LogP contribution >= 0.6 is 0 Å². The van der Waals surface area contributed by atoms with Crippen LogP contribution in [0.3, 0.4) is 0 Å². The van der Waals surface area contributed by atoms with Gasteiger partial charge in [0.25, 0.3) is 0 Å². The quantitative estimate of drug-likeness (QED) is 0.0620. The van der Waals surface area contributed by atoms with Gasteiger partial charge in [0, 0.05) is 59.7 Å². The maximum Gasteiger partial charge on any atom is 0.155 e. The molecule has 0 aliphatic heterocycles. The van der Waals surface area contributed by atoms with E-state index in [9.17, 15) is 4.79 Å². The Morgan fingerprint density at radius 1 is 0.949 bits per heavy atom. The first-order chi connectivity index (χ1) is 18.0. The Labute approximate surface area is 241 Å². The Kier molecular flexibility index (Phi) is 6.44. The molecule has 0 fully saturated rings. The predicted octanol–water partition coefficient (Wildman–Crippen LogP) is 8.35. The number of hydrogen-bond donors (Lipinski definition) is 1. The molecule has 0 saturated heterocycles. The van der Waals surface area contributed by atoms with Gasteiger partial charge in [-0.1, -0.05) is 80.9 Å². The van der Waals surface area contributed by atoms with Crippen LogP contribution in [-0.4, -0.2) is 20.3 Å². The van der Waals surface area contributed by atoms with Crippen molar-refractivity contribution in [1.29, 1.82) is 0 Å². The number of pyridine rings is 2. The van der Waals surface area contributed by atoms with Crippen molar-refractivity contribution in [2.45, 2.75) is 52.4 Å². The van der Waals surface area contributed by atoms with Gasteiger partial charge in [-0.15, -0.1) is 17.5 Å². The second kappa shape index (κ2) is 9.29. The number of aliphatic hydroxyl groups excluding tert-OH is 1. The van der Waals surface area contributed by atoms with E-state index in [0.717, 1.165) is 16.3 Å². The van der Waals surface area contributed by atoms with Crippen molar-refractivity contribution in [3.8, 4) is 0 Å². The molecule has 3 heterocycles. The van der Waals surface area contributed by atoms with Crippen molar-refractivity contribution in [3.05, 3.63) is 95.9 Å². The van der Waals surface area contributed by atoms with Gasteiger partial charge >= 0.3 is 0 Å². The van der Waals surface area contributed by atoms with Crippen LogP contribution < -0.4 is 0 Å². The van der Waals surface area contributed by atoms with Crippen molar-refractivity contribution < 1.29 is 30.0 Å². The molecule has 39 heavy (non-hydrogen) atoms. The Morgan fingerprint density at radius 3 is 2.33 bits per heavy atom. The zero-order chi connectivity index (χ0) is 27.0. The summed E-state index contributed by atoms with van der Waals surface area (Å²) in [6, 6.07) is 25.7. The van der Waals surface area contributed by atoms with Gasteiger partial charge in [0.15, 0.2) is 5.78 Å². The van der Waals surface area contributed by atoms with Crippen LogP contribution in [0.2, 0.25) is 0 Å². The molecule has 0 spiro atoms. The first-order valence-corrected chi connectivity index (χ1v) is 13.0. The molecule has 3 aromatic carbocycles. The molecule has 7 rings (SSSR count). The van der Waals surface area contributed by atoms with E-state index >= 15 is 0 Å². The average Bonchev–Trinajstić information content (AvgIpc) is 3.22. The molecular weight excluding hydrogens is 661 g/mol. The zero-order valence-corrected chi connectivity index (χ0v) is 25.4. The number of rotatable bonds is 1. The number of aromatic nitrogens is 2. The number of carbonyl (C=O) groups is 1. The molecule has 1 aliphatic carbocycles. The summed E-state index contributed by atoms with van der Waals surface area (Å²) in [5.41, 5.74) is 7.60. The number of para-hydroxylation sites is 1. The van der Waals surface area contributed by atoms with Crippen LogP contribution in [0, 0.1) is 6.07 Å². The largest absolute Gasteiger partial charge is 0.512 e. The first kappa shape index (κ1) is 27.1. The summed E-state index contributed by atoms with van der Waals surface area (Å²) < 4.78 is 2.48. The predicted molar refractivity (Wildman–Crippen MR) is 157 cm³/mol. The van der Waals surface area contributed by atoms with Gasteiger partial charge in [-0.25, -0.2) is 0 Å². The molecular formula is C34H31IrN2O2-.